The molecule has 1 saturated carbocycles. The molecule has 2 heterocycles. The normalized spacial score (nSPS) is 13.2. The number of nitrogens with zero attached hydrogens (tertiary/aromatic N) is 3. The van der Waals surface area contributed by atoms with E-state index in [1.807, 2.05) is 6.07 Å². The molecule has 160 valence electrons. The molecule has 9 heteroatoms. The van der Waals surface area contributed by atoms with E-state index in [2.05, 4.69) is 10.3 Å². The van der Waals surface area contributed by atoms with Crippen molar-refractivity contribution in [2.45, 2.75) is 31.7 Å². The Bertz CT molecular complexity index is 1220. The van der Waals surface area contributed by atoms with Crippen LogP contribution in [0.3, 0.4) is 0 Å². The number of rotatable bonds is 7. The Labute approximate surface area is 177 Å². The van der Waals surface area contributed by atoms with Gasteiger partial charge in [-0.2, -0.15) is 0 Å². The number of hydrogen-bond acceptors (Lipinski definition) is 6. The lowest BCUT2D eigenvalue weighted by molar-refractivity contribution is -0.148. The van der Waals surface area contributed by atoms with Gasteiger partial charge in [0.2, 0.25) is 0 Å². The second-order valence-corrected chi connectivity index (χ2v) is 7.49. The Morgan fingerprint density at radius 3 is 2.65 bits per heavy atom. The number of aryl methyl sites for hydroxylation is 2. The number of aromatic nitrogens is 3. The number of carbonyl (C=O) groups excluding carboxylic acids is 3. The predicted molar refractivity (Wildman–Crippen MR) is 111 cm³/mol. The average molecular weight is 422 g/mol. The number of ether oxygens (including phenoxy) is 1. The maximum absolute atomic E-state index is 12.8. The molecule has 1 aliphatic rings. The van der Waals surface area contributed by atoms with Gasteiger partial charge >= 0.3 is 5.97 Å². The average Bonchev–Trinajstić information content (AvgIpc) is 3.49. The van der Waals surface area contributed by atoms with Crippen LogP contribution in [0.2, 0.25) is 0 Å². The maximum Gasteiger partial charge on any atom is 0.306 e. The lowest BCUT2D eigenvalue weighted by Gasteiger charge is -2.12. The Morgan fingerprint density at radius 1 is 1.16 bits per heavy atom. The van der Waals surface area contributed by atoms with Crippen molar-refractivity contribution in [2.24, 2.45) is 7.05 Å². The SMILES string of the molecule is Cn1cccc1C(=O)NC(=O)COC(=O)CCc1nc2ccccc2c(=O)n1C1CC1. The second-order valence-electron chi connectivity index (χ2n) is 7.49. The van der Waals surface area contributed by atoms with Gasteiger partial charge in [0.25, 0.3) is 17.4 Å². The maximum atomic E-state index is 12.8. The first-order valence-corrected chi connectivity index (χ1v) is 10.1. The van der Waals surface area contributed by atoms with Crippen molar-refractivity contribution in [1.82, 2.24) is 19.4 Å². The molecule has 2 amide bonds. The lowest BCUT2D eigenvalue weighted by atomic mass is 10.2. The van der Waals surface area contributed by atoms with E-state index in [0.717, 1.165) is 12.8 Å². The van der Waals surface area contributed by atoms with Gasteiger partial charge in [0.1, 0.15) is 11.5 Å². The number of hydrogen-bond donors (Lipinski definition) is 1. The number of nitrogens with one attached hydrogen (secondary N) is 1. The molecule has 1 aromatic carbocycles. The van der Waals surface area contributed by atoms with Crippen molar-refractivity contribution in [3.8, 4) is 0 Å². The highest BCUT2D eigenvalue weighted by atomic mass is 16.5. The third-order valence-corrected chi connectivity index (χ3v) is 5.14. The van der Waals surface area contributed by atoms with E-state index in [-0.39, 0.29) is 24.4 Å². The Kier molecular flexibility index (Phi) is 5.66. The molecule has 0 bridgehead atoms. The molecule has 9 nitrogen and oxygen atoms in total. The van der Waals surface area contributed by atoms with E-state index >= 15 is 0 Å². The molecule has 3 aromatic rings. The number of fused-ring (bicyclic) bond motifs is 1. The minimum atomic E-state index is -0.710. The van der Waals surface area contributed by atoms with Crippen LogP contribution in [-0.2, 0) is 27.8 Å². The van der Waals surface area contributed by atoms with E-state index in [1.54, 1.807) is 52.7 Å². The number of amides is 2. The number of esters is 1. The van der Waals surface area contributed by atoms with Crippen molar-refractivity contribution in [2.75, 3.05) is 6.61 Å². The Hall–Kier alpha value is -3.75. The van der Waals surface area contributed by atoms with E-state index in [9.17, 15) is 19.2 Å². The highest BCUT2D eigenvalue weighted by Gasteiger charge is 2.28. The Balaban J connectivity index is 1.35. The van der Waals surface area contributed by atoms with E-state index in [1.165, 1.54) is 0 Å². The summed E-state index contributed by atoms with van der Waals surface area (Å²) in [5, 5.41) is 2.73. The van der Waals surface area contributed by atoms with Crippen LogP contribution in [-0.4, -0.2) is 38.5 Å². The third-order valence-electron chi connectivity index (χ3n) is 5.14. The first kappa shape index (κ1) is 20.5. The minimum Gasteiger partial charge on any atom is -0.456 e. The van der Waals surface area contributed by atoms with Gasteiger partial charge in [0.05, 0.1) is 17.3 Å². The highest BCUT2D eigenvalue weighted by molar-refractivity contribution is 6.04. The second kappa shape index (κ2) is 8.55. The molecule has 0 radical (unpaired) electrons. The molecule has 0 saturated heterocycles. The van der Waals surface area contributed by atoms with Gasteiger partial charge in [-0.3, -0.25) is 29.1 Å². The molecule has 31 heavy (non-hydrogen) atoms. The van der Waals surface area contributed by atoms with Gasteiger partial charge in [-0.1, -0.05) is 12.1 Å². The van der Waals surface area contributed by atoms with E-state index in [4.69, 9.17) is 4.74 Å². The van der Waals surface area contributed by atoms with Crippen LogP contribution in [0.5, 0.6) is 0 Å². The Morgan fingerprint density at radius 2 is 1.94 bits per heavy atom. The monoisotopic (exact) mass is 422 g/mol. The zero-order valence-electron chi connectivity index (χ0n) is 17.0. The van der Waals surface area contributed by atoms with Crippen molar-refractivity contribution >= 4 is 28.7 Å². The molecule has 0 spiro atoms. The highest BCUT2D eigenvalue weighted by Crippen LogP contribution is 2.34. The van der Waals surface area contributed by atoms with Crippen molar-refractivity contribution in [3.63, 3.8) is 0 Å². The third kappa shape index (κ3) is 4.55. The largest absolute Gasteiger partial charge is 0.456 e. The number of benzene rings is 1. The molecule has 1 N–H and O–H groups in total. The van der Waals surface area contributed by atoms with Crippen LogP contribution in [0.4, 0.5) is 0 Å². The smallest absolute Gasteiger partial charge is 0.306 e. The molecule has 1 fully saturated rings. The zero-order chi connectivity index (χ0) is 22.0. The fourth-order valence-corrected chi connectivity index (χ4v) is 3.43. The first-order valence-electron chi connectivity index (χ1n) is 10.1. The van der Waals surface area contributed by atoms with Crippen LogP contribution in [0.1, 0.15) is 41.6 Å². The summed E-state index contributed by atoms with van der Waals surface area (Å²) >= 11 is 0. The van der Waals surface area contributed by atoms with E-state index < -0.39 is 24.4 Å². The lowest BCUT2D eigenvalue weighted by Crippen LogP contribution is -2.35. The summed E-state index contributed by atoms with van der Waals surface area (Å²) in [5.74, 6) is -1.35. The molecule has 0 atom stereocenters. The van der Waals surface area contributed by atoms with Gasteiger partial charge < -0.3 is 9.30 Å². The summed E-state index contributed by atoms with van der Waals surface area (Å²) in [6, 6.07) is 10.5. The summed E-state index contributed by atoms with van der Waals surface area (Å²) in [4.78, 5) is 53.4. The van der Waals surface area contributed by atoms with Gasteiger partial charge in [-0.25, -0.2) is 4.98 Å². The molecular formula is C22H22N4O5. The summed E-state index contributed by atoms with van der Waals surface area (Å²) in [6.07, 6.45) is 3.69. The molecule has 0 aliphatic heterocycles. The number of para-hydroxylation sites is 1. The van der Waals surface area contributed by atoms with E-state index in [0.29, 0.717) is 22.4 Å². The molecule has 4 rings (SSSR count). The number of imide groups is 1. The molecular weight excluding hydrogens is 400 g/mol. The predicted octanol–water partition coefficient (Wildman–Crippen LogP) is 1.50. The van der Waals surface area contributed by atoms with Crippen molar-refractivity contribution in [3.05, 3.63) is 64.5 Å². The molecule has 0 unspecified atom stereocenters. The summed E-state index contributed by atoms with van der Waals surface area (Å²) < 4.78 is 8.22. The quantitative estimate of drug-likeness (QED) is 0.578. The van der Waals surface area contributed by atoms with Crippen LogP contribution in [0, 0.1) is 0 Å². The summed E-state index contributed by atoms with van der Waals surface area (Å²) in [7, 11) is 1.68. The van der Waals surface area contributed by atoms with Gasteiger partial charge in [0.15, 0.2) is 6.61 Å². The summed E-state index contributed by atoms with van der Waals surface area (Å²) in [5.41, 5.74) is 0.807. The van der Waals surface area contributed by atoms with Crippen LogP contribution in [0.25, 0.3) is 10.9 Å². The topological polar surface area (TPSA) is 112 Å². The van der Waals surface area contributed by atoms with Gasteiger partial charge in [-0.05, 0) is 37.1 Å². The first-order chi connectivity index (χ1) is 14.9. The summed E-state index contributed by atoms with van der Waals surface area (Å²) in [6.45, 7) is -0.560. The van der Waals surface area contributed by atoms with Gasteiger partial charge in [0, 0.05) is 25.7 Å². The molecule has 1 aliphatic carbocycles. The van der Waals surface area contributed by atoms with Crippen LogP contribution < -0.4 is 10.9 Å². The molecule has 2 aromatic heterocycles. The fourth-order valence-electron chi connectivity index (χ4n) is 3.43. The zero-order valence-corrected chi connectivity index (χ0v) is 17.0. The number of carbonyl (C=O) groups is 3. The van der Waals surface area contributed by atoms with Crippen molar-refractivity contribution < 1.29 is 19.1 Å². The minimum absolute atomic E-state index is 0.0312. The van der Waals surface area contributed by atoms with Gasteiger partial charge in [-0.15, -0.1) is 0 Å². The fraction of sp³-hybridized carbons (Fsp3) is 0.318. The van der Waals surface area contributed by atoms with Crippen molar-refractivity contribution in [1.29, 1.82) is 0 Å². The standard InChI is InChI=1S/C22H22N4O5/c1-25-12-4-7-17(25)21(29)24-19(27)13-31-20(28)11-10-18-23-16-6-3-2-5-15(16)22(30)26(18)14-8-9-14/h2-7,12,14H,8-11,13H2,1H3,(H,24,27,29). The van der Waals surface area contributed by atoms with Crippen LogP contribution in [0.15, 0.2) is 47.4 Å². The van der Waals surface area contributed by atoms with Crippen LogP contribution >= 0.6 is 0 Å².